The Morgan fingerprint density at radius 3 is 2.44 bits per heavy atom. The van der Waals surface area contributed by atoms with Gasteiger partial charge in [0.2, 0.25) is 17.8 Å². The SMILES string of the molecule is CC(CCNC(=O)Cn1ccc2ccc(C(N)=O)cc21)N1CCN(c2ncc(C(F)(F)F)cn2)CC1. The number of nitrogens with two attached hydrogens (primary N) is 1. The molecule has 2 aromatic heterocycles. The van der Waals surface area contributed by atoms with E-state index in [0.29, 0.717) is 31.1 Å². The molecular formula is C24H28F3N7O2. The van der Waals surface area contributed by atoms with Gasteiger partial charge in [0.1, 0.15) is 6.54 Å². The molecule has 36 heavy (non-hydrogen) atoms. The molecule has 3 aromatic rings. The number of anilines is 1. The molecule has 2 amide bonds. The van der Waals surface area contributed by atoms with E-state index in [-0.39, 0.29) is 18.5 Å². The molecule has 3 heterocycles. The van der Waals surface area contributed by atoms with Crippen LogP contribution in [0.25, 0.3) is 10.9 Å². The van der Waals surface area contributed by atoms with Crippen LogP contribution in [-0.2, 0) is 17.5 Å². The standard InChI is InChI=1S/C24H28F3N7O2/c1-16(32-8-10-33(11-9-32)23-30-13-19(14-31-23)24(25,26)27)4-6-29-21(35)15-34-7-5-17-2-3-18(22(28)36)12-20(17)34/h2-3,5,7,12-14,16H,4,6,8-11,15H2,1H3,(H2,28,36)(H,29,35). The van der Waals surface area contributed by atoms with Gasteiger partial charge in [-0.05, 0) is 36.9 Å². The van der Waals surface area contributed by atoms with Crippen LogP contribution in [0.4, 0.5) is 19.1 Å². The fourth-order valence-corrected chi connectivity index (χ4v) is 4.28. The van der Waals surface area contributed by atoms with E-state index in [2.05, 4.69) is 27.1 Å². The van der Waals surface area contributed by atoms with Crippen molar-refractivity contribution in [3.8, 4) is 0 Å². The van der Waals surface area contributed by atoms with E-state index in [4.69, 9.17) is 5.73 Å². The number of amides is 2. The van der Waals surface area contributed by atoms with Crippen LogP contribution >= 0.6 is 0 Å². The molecule has 1 saturated heterocycles. The van der Waals surface area contributed by atoms with Gasteiger partial charge in [-0.1, -0.05) is 6.07 Å². The molecule has 1 aliphatic heterocycles. The molecule has 192 valence electrons. The number of piperazine rings is 1. The third kappa shape index (κ3) is 5.93. The fourth-order valence-electron chi connectivity index (χ4n) is 4.28. The maximum atomic E-state index is 12.7. The molecule has 1 fully saturated rings. The number of aromatic nitrogens is 3. The first-order valence-corrected chi connectivity index (χ1v) is 11.7. The Hall–Kier alpha value is -3.67. The van der Waals surface area contributed by atoms with E-state index in [9.17, 15) is 22.8 Å². The smallest absolute Gasteiger partial charge is 0.366 e. The molecule has 1 unspecified atom stereocenters. The highest BCUT2D eigenvalue weighted by molar-refractivity contribution is 5.97. The Morgan fingerprint density at radius 2 is 1.81 bits per heavy atom. The van der Waals surface area contributed by atoms with E-state index in [0.717, 1.165) is 42.8 Å². The number of hydrogen-bond donors (Lipinski definition) is 2. The Balaban J connectivity index is 1.21. The van der Waals surface area contributed by atoms with E-state index in [1.54, 1.807) is 29.0 Å². The van der Waals surface area contributed by atoms with Gasteiger partial charge in [-0.25, -0.2) is 9.97 Å². The average molecular weight is 504 g/mol. The van der Waals surface area contributed by atoms with E-state index >= 15 is 0 Å². The van der Waals surface area contributed by atoms with Crippen molar-refractivity contribution in [3.05, 3.63) is 54.0 Å². The number of alkyl halides is 3. The van der Waals surface area contributed by atoms with Crippen molar-refractivity contribution in [1.82, 2.24) is 24.8 Å². The van der Waals surface area contributed by atoms with Crippen LogP contribution in [0.2, 0.25) is 0 Å². The van der Waals surface area contributed by atoms with Gasteiger partial charge >= 0.3 is 6.18 Å². The predicted molar refractivity (Wildman–Crippen MR) is 128 cm³/mol. The fraction of sp³-hybridized carbons (Fsp3) is 0.417. The van der Waals surface area contributed by atoms with E-state index < -0.39 is 17.6 Å². The van der Waals surface area contributed by atoms with E-state index in [1.165, 1.54) is 0 Å². The molecular weight excluding hydrogens is 475 g/mol. The van der Waals surface area contributed by atoms with Crippen molar-refractivity contribution in [2.45, 2.75) is 32.1 Å². The number of carbonyl (C=O) groups is 2. The molecule has 0 aliphatic carbocycles. The first-order chi connectivity index (χ1) is 17.1. The minimum Gasteiger partial charge on any atom is -0.366 e. The third-order valence-corrected chi connectivity index (χ3v) is 6.44. The maximum absolute atomic E-state index is 12.7. The second kappa shape index (κ2) is 10.5. The molecule has 9 nitrogen and oxygen atoms in total. The summed E-state index contributed by atoms with van der Waals surface area (Å²) >= 11 is 0. The zero-order valence-corrected chi connectivity index (χ0v) is 19.8. The van der Waals surface area contributed by atoms with Crippen LogP contribution in [0.1, 0.15) is 29.3 Å². The lowest BCUT2D eigenvalue weighted by molar-refractivity contribution is -0.138. The van der Waals surface area contributed by atoms with Crippen LogP contribution in [-0.4, -0.2) is 70.0 Å². The van der Waals surface area contributed by atoms with Crippen LogP contribution in [0.5, 0.6) is 0 Å². The second-order valence-electron chi connectivity index (χ2n) is 8.86. The van der Waals surface area contributed by atoms with Gasteiger partial charge in [-0.2, -0.15) is 13.2 Å². The van der Waals surface area contributed by atoms with Crippen LogP contribution in [0.3, 0.4) is 0 Å². The zero-order chi connectivity index (χ0) is 25.9. The van der Waals surface area contributed by atoms with Gasteiger partial charge < -0.3 is 20.5 Å². The molecule has 4 rings (SSSR count). The van der Waals surface area contributed by atoms with Crippen molar-refractivity contribution in [1.29, 1.82) is 0 Å². The molecule has 3 N–H and O–H groups in total. The summed E-state index contributed by atoms with van der Waals surface area (Å²) in [4.78, 5) is 35.8. The summed E-state index contributed by atoms with van der Waals surface area (Å²) in [5.74, 6) is -0.354. The highest BCUT2D eigenvalue weighted by Crippen LogP contribution is 2.28. The number of carbonyl (C=O) groups excluding carboxylic acids is 2. The highest BCUT2D eigenvalue weighted by atomic mass is 19.4. The molecule has 0 bridgehead atoms. The summed E-state index contributed by atoms with van der Waals surface area (Å²) in [5.41, 5.74) is 5.66. The van der Waals surface area contributed by atoms with Crippen LogP contribution < -0.4 is 16.0 Å². The number of primary amides is 1. The van der Waals surface area contributed by atoms with Crippen molar-refractivity contribution >= 4 is 28.7 Å². The lowest BCUT2D eigenvalue weighted by Gasteiger charge is -2.38. The summed E-state index contributed by atoms with van der Waals surface area (Å²) in [6.07, 6.45) is -0.273. The van der Waals surface area contributed by atoms with Crippen molar-refractivity contribution < 1.29 is 22.8 Å². The van der Waals surface area contributed by atoms with Crippen molar-refractivity contribution in [3.63, 3.8) is 0 Å². The monoisotopic (exact) mass is 503 g/mol. The number of benzene rings is 1. The first kappa shape index (κ1) is 25.4. The number of rotatable bonds is 8. The second-order valence-corrected chi connectivity index (χ2v) is 8.86. The topological polar surface area (TPSA) is 109 Å². The number of nitrogens with zero attached hydrogens (tertiary/aromatic N) is 5. The predicted octanol–water partition coefficient (Wildman–Crippen LogP) is 2.27. The molecule has 1 aliphatic rings. The molecule has 0 spiro atoms. The van der Waals surface area contributed by atoms with Gasteiger partial charge in [0.05, 0.1) is 5.56 Å². The summed E-state index contributed by atoms with van der Waals surface area (Å²) in [6, 6.07) is 7.24. The Labute approximate surface area is 206 Å². The minimum atomic E-state index is -4.45. The molecule has 12 heteroatoms. The van der Waals surface area contributed by atoms with Gasteiger partial charge in [0.15, 0.2) is 0 Å². The average Bonchev–Trinajstić information content (AvgIpc) is 3.25. The van der Waals surface area contributed by atoms with Gasteiger partial charge in [-0.15, -0.1) is 0 Å². The summed E-state index contributed by atoms with van der Waals surface area (Å²) in [7, 11) is 0. The lowest BCUT2D eigenvalue weighted by atomic mass is 10.1. The van der Waals surface area contributed by atoms with E-state index in [1.807, 2.05) is 11.0 Å². The van der Waals surface area contributed by atoms with Crippen LogP contribution in [0, 0.1) is 0 Å². The quantitative estimate of drug-likeness (QED) is 0.488. The number of fused-ring (bicyclic) bond motifs is 1. The number of hydrogen-bond acceptors (Lipinski definition) is 6. The first-order valence-electron chi connectivity index (χ1n) is 11.7. The third-order valence-electron chi connectivity index (χ3n) is 6.44. The van der Waals surface area contributed by atoms with Crippen molar-refractivity contribution in [2.75, 3.05) is 37.6 Å². The van der Waals surface area contributed by atoms with Crippen LogP contribution in [0.15, 0.2) is 42.9 Å². The normalized spacial score (nSPS) is 15.7. The van der Waals surface area contributed by atoms with Crippen molar-refractivity contribution in [2.24, 2.45) is 5.73 Å². The largest absolute Gasteiger partial charge is 0.419 e. The lowest BCUT2D eigenvalue weighted by Crippen LogP contribution is -2.50. The van der Waals surface area contributed by atoms with Gasteiger partial charge in [0.25, 0.3) is 0 Å². The summed E-state index contributed by atoms with van der Waals surface area (Å²) in [5, 5.41) is 3.86. The molecule has 1 aromatic carbocycles. The number of halogens is 3. The molecule has 1 atom stereocenters. The highest BCUT2D eigenvalue weighted by Gasteiger charge is 2.32. The van der Waals surface area contributed by atoms with Gasteiger partial charge in [0, 0.05) is 68.4 Å². The van der Waals surface area contributed by atoms with Gasteiger partial charge in [-0.3, -0.25) is 14.5 Å². The Bertz CT molecular complexity index is 1220. The minimum absolute atomic E-state index is 0.131. The molecule has 0 saturated carbocycles. The Morgan fingerprint density at radius 1 is 1.11 bits per heavy atom. The maximum Gasteiger partial charge on any atom is 0.419 e. The zero-order valence-electron chi connectivity index (χ0n) is 19.8. The Kier molecular flexibility index (Phi) is 7.43. The number of nitrogens with one attached hydrogen (secondary N) is 1. The summed E-state index contributed by atoms with van der Waals surface area (Å²) in [6.45, 7) is 5.38. The molecule has 0 radical (unpaired) electrons. The summed E-state index contributed by atoms with van der Waals surface area (Å²) < 4.78 is 39.9.